The molecule has 0 aliphatic rings. The molecule has 16 heavy (non-hydrogen) atoms. The molecule has 0 aromatic carbocycles. The van der Waals surface area contributed by atoms with Gasteiger partial charge in [-0.15, -0.1) is 0 Å². The van der Waals surface area contributed by atoms with E-state index < -0.39 is 17.9 Å². The lowest BCUT2D eigenvalue weighted by molar-refractivity contribution is -0.146. The molecule has 0 radical (unpaired) electrons. The SMILES string of the molecule is CCC(=O)CC(=O)N[C@H](C(=O)OC)C(C)C. The molecule has 0 spiro atoms. The lowest BCUT2D eigenvalue weighted by Crippen LogP contribution is -2.45. The second-order valence-corrected chi connectivity index (χ2v) is 3.88. The van der Waals surface area contributed by atoms with Crippen molar-refractivity contribution >= 4 is 17.7 Å². The molecule has 0 heterocycles. The van der Waals surface area contributed by atoms with E-state index in [1.54, 1.807) is 20.8 Å². The Labute approximate surface area is 95.5 Å². The first-order valence-electron chi connectivity index (χ1n) is 5.31. The number of hydrogen-bond donors (Lipinski definition) is 1. The molecule has 0 fully saturated rings. The highest BCUT2D eigenvalue weighted by Crippen LogP contribution is 2.04. The first-order chi connectivity index (χ1) is 7.42. The molecule has 0 aromatic rings. The van der Waals surface area contributed by atoms with Crippen LogP contribution in [0.3, 0.4) is 0 Å². The maximum Gasteiger partial charge on any atom is 0.328 e. The maximum absolute atomic E-state index is 11.4. The van der Waals surface area contributed by atoms with Gasteiger partial charge < -0.3 is 10.1 Å². The molecule has 5 nitrogen and oxygen atoms in total. The van der Waals surface area contributed by atoms with E-state index >= 15 is 0 Å². The predicted octanol–water partition coefficient (Wildman–Crippen LogP) is 0.669. The maximum atomic E-state index is 11.4. The Morgan fingerprint density at radius 3 is 2.19 bits per heavy atom. The van der Waals surface area contributed by atoms with Gasteiger partial charge in [-0.2, -0.15) is 0 Å². The van der Waals surface area contributed by atoms with Gasteiger partial charge in [0.25, 0.3) is 0 Å². The van der Waals surface area contributed by atoms with Gasteiger partial charge in [0.2, 0.25) is 5.91 Å². The Bertz CT molecular complexity index is 273. The highest BCUT2D eigenvalue weighted by molar-refractivity contribution is 5.99. The van der Waals surface area contributed by atoms with Gasteiger partial charge in [-0.1, -0.05) is 20.8 Å². The van der Waals surface area contributed by atoms with Crippen LogP contribution in [0, 0.1) is 5.92 Å². The van der Waals surface area contributed by atoms with Gasteiger partial charge in [0.15, 0.2) is 0 Å². The fourth-order valence-electron chi connectivity index (χ4n) is 1.15. The van der Waals surface area contributed by atoms with Crippen LogP contribution in [0.15, 0.2) is 0 Å². The number of esters is 1. The summed E-state index contributed by atoms with van der Waals surface area (Å²) >= 11 is 0. The van der Waals surface area contributed by atoms with E-state index in [-0.39, 0.29) is 18.1 Å². The molecule has 5 heteroatoms. The molecule has 0 saturated heterocycles. The number of Topliss-reactive ketones (excluding diaryl/α,β-unsaturated/α-hetero) is 1. The summed E-state index contributed by atoms with van der Waals surface area (Å²) in [4.78, 5) is 33.8. The quantitative estimate of drug-likeness (QED) is 0.536. The van der Waals surface area contributed by atoms with Crippen LogP contribution in [0.1, 0.15) is 33.6 Å². The number of hydrogen-bond acceptors (Lipinski definition) is 4. The van der Waals surface area contributed by atoms with Crippen LogP contribution in [-0.4, -0.2) is 30.8 Å². The first kappa shape index (κ1) is 14.6. The summed E-state index contributed by atoms with van der Waals surface area (Å²) in [7, 11) is 1.26. The minimum atomic E-state index is -0.692. The molecule has 0 aliphatic heterocycles. The lowest BCUT2D eigenvalue weighted by atomic mass is 10.0. The van der Waals surface area contributed by atoms with Gasteiger partial charge >= 0.3 is 5.97 Å². The van der Waals surface area contributed by atoms with Gasteiger partial charge in [0.05, 0.1) is 13.5 Å². The molecule has 1 amide bonds. The fraction of sp³-hybridized carbons (Fsp3) is 0.727. The lowest BCUT2D eigenvalue weighted by Gasteiger charge is -2.19. The molecule has 0 saturated carbocycles. The number of nitrogens with one attached hydrogen (secondary N) is 1. The molecular weight excluding hydrogens is 210 g/mol. The smallest absolute Gasteiger partial charge is 0.328 e. The normalized spacial score (nSPS) is 12.1. The average Bonchev–Trinajstić information content (AvgIpc) is 2.24. The summed E-state index contributed by atoms with van der Waals surface area (Å²) in [5, 5.41) is 2.50. The highest BCUT2D eigenvalue weighted by Gasteiger charge is 2.25. The van der Waals surface area contributed by atoms with Crippen LogP contribution >= 0.6 is 0 Å². The Hall–Kier alpha value is -1.39. The van der Waals surface area contributed by atoms with E-state index in [2.05, 4.69) is 10.1 Å². The van der Waals surface area contributed by atoms with Gasteiger partial charge in [-0.3, -0.25) is 9.59 Å². The van der Waals surface area contributed by atoms with Crippen molar-refractivity contribution in [1.29, 1.82) is 0 Å². The number of carbonyl (C=O) groups is 3. The Kier molecular flexibility index (Phi) is 6.37. The van der Waals surface area contributed by atoms with Crippen molar-refractivity contribution in [2.24, 2.45) is 5.92 Å². The van der Waals surface area contributed by atoms with E-state index in [9.17, 15) is 14.4 Å². The molecule has 0 bridgehead atoms. The number of ether oxygens (including phenoxy) is 1. The summed E-state index contributed by atoms with van der Waals surface area (Å²) in [5.74, 6) is -1.15. The number of ketones is 1. The van der Waals surface area contributed by atoms with Crippen LogP contribution in [0.2, 0.25) is 0 Å². The van der Waals surface area contributed by atoms with Crippen LogP contribution in [0.25, 0.3) is 0 Å². The zero-order chi connectivity index (χ0) is 12.7. The molecule has 0 rings (SSSR count). The first-order valence-corrected chi connectivity index (χ1v) is 5.31. The largest absolute Gasteiger partial charge is 0.467 e. The van der Waals surface area contributed by atoms with Crippen molar-refractivity contribution in [3.05, 3.63) is 0 Å². The number of methoxy groups -OCH3 is 1. The van der Waals surface area contributed by atoms with Crippen molar-refractivity contribution in [2.45, 2.75) is 39.7 Å². The standard InChI is InChI=1S/C11H19NO4/c1-5-8(13)6-9(14)12-10(7(2)3)11(15)16-4/h7,10H,5-6H2,1-4H3,(H,12,14)/t10-/m0/s1. The predicted molar refractivity (Wildman–Crippen MR) is 58.7 cm³/mol. The van der Waals surface area contributed by atoms with E-state index in [4.69, 9.17) is 0 Å². The Morgan fingerprint density at radius 2 is 1.81 bits per heavy atom. The summed E-state index contributed by atoms with van der Waals surface area (Å²) in [6.07, 6.45) is 0.134. The summed E-state index contributed by atoms with van der Waals surface area (Å²) in [6.45, 7) is 5.28. The highest BCUT2D eigenvalue weighted by atomic mass is 16.5. The number of amides is 1. The Morgan fingerprint density at radius 1 is 1.25 bits per heavy atom. The van der Waals surface area contributed by atoms with Crippen molar-refractivity contribution in [1.82, 2.24) is 5.32 Å². The van der Waals surface area contributed by atoms with Gasteiger partial charge in [-0.25, -0.2) is 4.79 Å². The molecule has 1 N–H and O–H groups in total. The number of carbonyl (C=O) groups excluding carboxylic acids is 3. The van der Waals surface area contributed by atoms with E-state index in [1.165, 1.54) is 7.11 Å². The molecule has 0 aromatic heterocycles. The minimum absolute atomic E-state index is 0.0758. The van der Waals surface area contributed by atoms with Crippen LogP contribution in [-0.2, 0) is 19.1 Å². The topological polar surface area (TPSA) is 72.5 Å². The second-order valence-electron chi connectivity index (χ2n) is 3.88. The third-order valence-corrected chi connectivity index (χ3v) is 2.19. The van der Waals surface area contributed by atoms with E-state index in [0.717, 1.165) is 0 Å². The zero-order valence-corrected chi connectivity index (χ0v) is 10.2. The van der Waals surface area contributed by atoms with Crippen LogP contribution in [0.4, 0.5) is 0 Å². The average molecular weight is 229 g/mol. The monoisotopic (exact) mass is 229 g/mol. The van der Waals surface area contributed by atoms with Crippen molar-refractivity contribution in [3.8, 4) is 0 Å². The third kappa shape index (κ3) is 4.91. The van der Waals surface area contributed by atoms with Crippen molar-refractivity contribution < 1.29 is 19.1 Å². The number of rotatable bonds is 6. The van der Waals surface area contributed by atoms with Crippen molar-refractivity contribution in [2.75, 3.05) is 7.11 Å². The van der Waals surface area contributed by atoms with Crippen molar-refractivity contribution in [3.63, 3.8) is 0 Å². The van der Waals surface area contributed by atoms with E-state index in [0.29, 0.717) is 6.42 Å². The zero-order valence-electron chi connectivity index (χ0n) is 10.2. The molecular formula is C11H19NO4. The summed E-state index contributed by atoms with van der Waals surface area (Å²) in [6, 6.07) is -0.692. The third-order valence-electron chi connectivity index (χ3n) is 2.19. The molecule has 1 atom stereocenters. The molecule has 0 unspecified atom stereocenters. The minimum Gasteiger partial charge on any atom is -0.467 e. The van der Waals surface area contributed by atoms with Crippen LogP contribution in [0.5, 0.6) is 0 Å². The summed E-state index contributed by atoms with van der Waals surface area (Å²) in [5.41, 5.74) is 0. The summed E-state index contributed by atoms with van der Waals surface area (Å²) < 4.78 is 4.57. The van der Waals surface area contributed by atoms with Crippen LogP contribution < -0.4 is 5.32 Å². The molecule has 92 valence electrons. The Balaban J connectivity index is 4.35. The fourth-order valence-corrected chi connectivity index (χ4v) is 1.15. The second kappa shape index (κ2) is 6.98. The van der Waals surface area contributed by atoms with Gasteiger partial charge in [-0.05, 0) is 5.92 Å². The van der Waals surface area contributed by atoms with Gasteiger partial charge in [0, 0.05) is 6.42 Å². The van der Waals surface area contributed by atoms with Gasteiger partial charge in [0.1, 0.15) is 11.8 Å². The van der Waals surface area contributed by atoms with E-state index in [1.807, 2.05) is 0 Å². The molecule has 0 aliphatic carbocycles.